The minimum atomic E-state index is -0.658. The van der Waals surface area contributed by atoms with E-state index in [4.69, 9.17) is 14.2 Å². The van der Waals surface area contributed by atoms with Gasteiger partial charge in [0.25, 0.3) is 0 Å². The summed E-state index contributed by atoms with van der Waals surface area (Å²) in [5, 5.41) is 1.94. The first kappa shape index (κ1) is 23.2. The molecule has 9 heteroatoms. The Hall–Kier alpha value is -3.07. The third-order valence-corrected chi connectivity index (χ3v) is 5.10. The summed E-state index contributed by atoms with van der Waals surface area (Å²) in [6.45, 7) is 1.13. The van der Waals surface area contributed by atoms with E-state index < -0.39 is 29.4 Å². The van der Waals surface area contributed by atoms with Gasteiger partial charge in [-0.3, -0.25) is 14.4 Å². The summed E-state index contributed by atoms with van der Waals surface area (Å²) in [6, 6.07) is 10.0. The molecule has 160 valence electrons. The Morgan fingerprint density at radius 2 is 1.77 bits per heavy atom. The molecule has 0 bridgehead atoms. The molecule has 0 aromatic heterocycles. The van der Waals surface area contributed by atoms with Gasteiger partial charge in [-0.15, -0.1) is 11.8 Å². The summed E-state index contributed by atoms with van der Waals surface area (Å²) < 4.78 is 28.2. The zero-order valence-electron chi connectivity index (χ0n) is 16.8. The molecule has 1 amide bonds. The summed E-state index contributed by atoms with van der Waals surface area (Å²) in [7, 11) is 2.92. The van der Waals surface area contributed by atoms with Gasteiger partial charge in [0, 0.05) is 11.8 Å². The Morgan fingerprint density at radius 1 is 1.07 bits per heavy atom. The van der Waals surface area contributed by atoms with Gasteiger partial charge in [-0.25, -0.2) is 4.39 Å². The minimum absolute atomic E-state index is 0.00606. The molecule has 0 aliphatic heterocycles. The van der Waals surface area contributed by atoms with Crippen molar-refractivity contribution in [1.82, 2.24) is 0 Å². The Balaban J connectivity index is 1.80. The average molecular weight is 435 g/mol. The first-order chi connectivity index (χ1) is 14.3. The summed E-state index contributed by atoms with van der Waals surface area (Å²) in [5.41, 5.74) is 0.723. The van der Waals surface area contributed by atoms with Gasteiger partial charge in [0.05, 0.1) is 25.5 Å². The Kier molecular flexibility index (Phi) is 8.67. The van der Waals surface area contributed by atoms with Gasteiger partial charge < -0.3 is 19.5 Å². The molecule has 0 spiro atoms. The van der Waals surface area contributed by atoms with Crippen LogP contribution in [0.15, 0.2) is 42.5 Å². The van der Waals surface area contributed by atoms with Crippen LogP contribution in [0, 0.1) is 5.82 Å². The van der Waals surface area contributed by atoms with Crippen molar-refractivity contribution in [2.45, 2.75) is 12.2 Å². The zero-order chi connectivity index (χ0) is 22.1. The summed E-state index contributed by atoms with van der Waals surface area (Å²) in [5.74, 6) is -0.941. The number of rotatable bonds is 10. The van der Waals surface area contributed by atoms with Crippen molar-refractivity contribution < 1.29 is 33.0 Å². The second-order valence-corrected chi connectivity index (χ2v) is 7.43. The fourth-order valence-corrected chi connectivity index (χ4v) is 3.04. The standard InChI is InChI=1S/C21H22FNO6S/c1-13(30-12-20(25)23-15-6-4-14(22)5-7-15)21(26)29-11-18(24)17-9-8-16(27-2)10-19(17)28-3/h4-10,13H,11-12H2,1-3H3,(H,23,25). The summed E-state index contributed by atoms with van der Waals surface area (Å²) in [6.07, 6.45) is 0. The van der Waals surface area contributed by atoms with E-state index in [1.54, 1.807) is 19.1 Å². The maximum Gasteiger partial charge on any atom is 0.319 e. The topological polar surface area (TPSA) is 90.9 Å². The molecule has 0 aliphatic carbocycles. The number of ketones is 1. The number of esters is 1. The second kappa shape index (κ2) is 11.2. The van der Waals surface area contributed by atoms with E-state index in [1.807, 2.05) is 0 Å². The lowest BCUT2D eigenvalue weighted by molar-refractivity contribution is -0.141. The second-order valence-electron chi connectivity index (χ2n) is 6.11. The van der Waals surface area contributed by atoms with Crippen LogP contribution in [-0.2, 0) is 14.3 Å². The molecule has 1 unspecified atom stereocenters. The number of nitrogens with one attached hydrogen (secondary N) is 1. The molecule has 0 fully saturated rings. The predicted molar refractivity (Wildman–Crippen MR) is 112 cm³/mol. The summed E-state index contributed by atoms with van der Waals surface area (Å²) >= 11 is 1.06. The van der Waals surface area contributed by atoms with Crippen molar-refractivity contribution >= 4 is 35.1 Å². The molecule has 0 saturated carbocycles. The number of thioether (sulfide) groups is 1. The van der Waals surface area contributed by atoms with Crippen LogP contribution in [0.5, 0.6) is 11.5 Å². The number of anilines is 1. The monoisotopic (exact) mass is 435 g/mol. The van der Waals surface area contributed by atoms with E-state index in [2.05, 4.69) is 5.32 Å². The van der Waals surface area contributed by atoms with Gasteiger partial charge in [0.2, 0.25) is 11.7 Å². The SMILES string of the molecule is COc1ccc(C(=O)COC(=O)C(C)SCC(=O)Nc2ccc(F)cc2)c(OC)c1. The number of methoxy groups -OCH3 is 2. The average Bonchev–Trinajstić information content (AvgIpc) is 2.76. The number of ether oxygens (including phenoxy) is 3. The molecule has 0 radical (unpaired) electrons. The zero-order valence-corrected chi connectivity index (χ0v) is 17.6. The fourth-order valence-electron chi connectivity index (χ4n) is 2.36. The van der Waals surface area contributed by atoms with Crippen LogP contribution < -0.4 is 14.8 Å². The van der Waals surface area contributed by atoms with Gasteiger partial charge >= 0.3 is 5.97 Å². The molecular weight excluding hydrogens is 413 g/mol. The van der Waals surface area contributed by atoms with Crippen LogP contribution in [-0.4, -0.2) is 49.5 Å². The van der Waals surface area contributed by atoms with Crippen LogP contribution >= 0.6 is 11.8 Å². The molecule has 2 rings (SSSR count). The van der Waals surface area contributed by atoms with E-state index in [-0.39, 0.29) is 17.2 Å². The third-order valence-electron chi connectivity index (χ3n) is 3.98. The Morgan fingerprint density at radius 3 is 2.40 bits per heavy atom. The normalized spacial score (nSPS) is 11.3. The lowest BCUT2D eigenvalue weighted by atomic mass is 10.1. The molecule has 2 aromatic carbocycles. The maximum absolute atomic E-state index is 12.9. The molecule has 0 saturated heterocycles. The molecule has 30 heavy (non-hydrogen) atoms. The molecule has 7 nitrogen and oxygen atoms in total. The highest BCUT2D eigenvalue weighted by Gasteiger charge is 2.20. The lowest BCUT2D eigenvalue weighted by Gasteiger charge is -2.12. The number of halogens is 1. The highest BCUT2D eigenvalue weighted by Crippen LogP contribution is 2.25. The van der Waals surface area contributed by atoms with E-state index in [0.29, 0.717) is 17.2 Å². The van der Waals surface area contributed by atoms with E-state index >= 15 is 0 Å². The van der Waals surface area contributed by atoms with Gasteiger partial charge in [0.15, 0.2) is 6.61 Å². The lowest BCUT2D eigenvalue weighted by Crippen LogP contribution is -2.23. The maximum atomic E-state index is 12.9. The van der Waals surface area contributed by atoms with Crippen LogP contribution in [0.2, 0.25) is 0 Å². The van der Waals surface area contributed by atoms with Gasteiger partial charge in [0.1, 0.15) is 22.6 Å². The van der Waals surface area contributed by atoms with Crippen molar-refractivity contribution in [3.8, 4) is 11.5 Å². The Bertz CT molecular complexity index is 903. The van der Waals surface area contributed by atoms with Crippen LogP contribution in [0.1, 0.15) is 17.3 Å². The minimum Gasteiger partial charge on any atom is -0.497 e. The van der Waals surface area contributed by atoms with Gasteiger partial charge in [-0.2, -0.15) is 0 Å². The van der Waals surface area contributed by atoms with E-state index in [9.17, 15) is 18.8 Å². The van der Waals surface area contributed by atoms with E-state index in [1.165, 1.54) is 44.6 Å². The number of carbonyl (C=O) groups is 3. The molecular formula is C21H22FNO6S. The van der Waals surface area contributed by atoms with Crippen LogP contribution in [0.4, 0.5) is 10.1 Å². The highest BCUT2D eigenvalue weighted by molar-refractivity contribution is 8.01. The van der Waals surface area contributed by atoms with Crippen LogP contribution in [0.3, 0.4) is 0 Å². The van der Waals surface area contributed by atoms with Crippen molar-refractivity contribution in [2.24, 2.45) is 0 Å². The first-order valence-electron chi connectivity index (χ1n) is 8.93. The van der Waals surface area contributed by atoms with Gasteiger partial charge in [-0.1, -0.05) is 0 Å². The molecule has 1 N–H and O–H groups in total. The fraction of sp³-hybridized carbons (Fsp3) is 0.286. The predicted octanol–water partition coefficient (Wildman–Crippen LogP) is 3.33. The third kappa shape index (κ3) is 6.77. The quantitative estimate of drug-likeness (QED) is 0.452. The first-order valence-corrected chi connectivity index (χ1v) is 9.97. The highest BCUT2D eigenvalue weighted by atomic mass is 32.2. The van der Waals surface area contributed by atoms with Crippen LogP contribution in [0.25, 0.3) is 0 Å². The molecule has 1 atom stereocenters. The number of hydrogen-bond donors (Lipinski definition) is 1. The van der Waals surface area contributed by atoms with Crippen molar-refractivity contribution in [1.29, 1.82) is 0 Å². The Labute approximate surface area is 177 Å². The van der Waals surface area contributed by atoms with E-state index in [0.717, 1.165) is 11.8 Å². The van der Waals surface area contributed by atoms with Gasteiger partial charge in [-0.05, 0) is 43.3 Å². The van der Waals surface area contributed by atoms with Crippen molar-refractivity contribution in [2.75, 3.05) is 31.9 Å². The molecule has 0 aliphatic rings. The molecule has 2 aromatic rings. The summed E-state index contributed by atoms with van der Waals surface area (Å²) in [4.78, 5) is 36.4. The smallest absolute Gasteiger partial charge is 0.319 e. The van der Waals surface area contributed by atoms with Crippen molar-refractivity contribution in [3.05, 3.63) is 53.8 Å². The molecule has 0 heterocycles. The number of benzene rings is 2. The number of amides is 1. The number of hydrogen-bond acceptors (Lipinski definition) is 7. The number of carbonyl (C=O) groups excluding carboxylic acids is 3. The number of Topliss-reactive ketones (excluding diaryl/α,β-unsaturated/α-hetero) is 1. The largest absolute Gasteiger partial charge is 0.497 e. The van der Waals surface area contributed by atoms with Crippen molar-refractivity contribution in [3.63, 3.8) is 0 Å².